The average molecular weight is 393 g/mol. The van der Waals surface area contributed by atoms with Crippen LogP contribution in [-0.4, -0.2) is 49.4 Å². The number of para-hydroxylation sites is 1. The smallest absolute Gasteiger partial charge is 0.289 e. The first-order chi connectivity index (χ1) is 11.6. The minimum atomic E-state index is -0.0864. The molecule has 0 radical (unpaired) electrons. The van der Waals surface area contributed by atoms with Gasteiger partial charge in [-0.3, -0.25) is 9.59 Å². The second-order valence-electron chi connectivity index (χ2n) is 5.72. The van der Waals surface area contributed by atoms with Crippen molar-refractivity contribution < 1.29 is 18.9 Å². The van der Waals surface area contributed by atoms with E-state index in [1.807, 2.05) is 24.3 Å². The van der Waals surface area contributed by atoms with Crippen LogP contribution in [0.3, 0.4) is 0 Å². The number of rotatable bonds is 4. The van der Waals surface area contributed by atoms with E-state index in [0.717, 1.165) is 23.2 Å². The summed E-state index contributed by atoms with van der Waals surface area (Å²) in [5, 5.41) is 2.91. The molecule has 0 bridgehead atoms. The first-order valence-electron chi connectivity index (χ1n) is 7.84. The standard InChI is InChI=1S/C17H18BrN3O3/c18-13-4-1-2-5-14(13)19-16(22)12-20-7-9-21(10-8-20)17(23)15-6-3-11-24-15/h1-6,11H,7-10,12H2,(H,19,22)/p+1. The molecule has 6 nitrogen and oxygen atoms in total. The number of halogens is 1. The molecule has 1 aliphatic heterocycles. The average Bonchev–Trinajstić information content (AvgIpc) is 3.11. The molecule has 2 aromatic rings. The molecular weight excluding hydrogens is 374 g/mol. The molecule has 126 valence electrons. The Balaban J connectivity index is 1.48. The second-order valence-corrected chi connectivity index (χ2v) is 6.58. The summed E-state index contributed by atoms with van der Waals surface area (Å²) in [6.45, 7) is 3.13. The number of amides is 2. The molecule has 2 N–H and O–H groups in total. The number of hydrogen-bond acceptors (Lipinski definition) is 3. The maximum atomic E-state index is 12.2. The van der Waals surface area contributed by atoms with Crippen LogP contribution in [0, 0.1) is 0 Å². The van der Waals surface area contributed by atoms with Gasteiger partial charge in [-0.1, -0.05) is 12.1 Å². The SMILES string of the molecule is O=C(C[NH+]1CCN(C(=O)c2ccco2)CC1)Nc1ccccc1Br. The van der Waals surface area contributed by atoms with Crippen LogP contribution >= 0.6 is 15.9 Å². The molecule has 2 heterocycles. The third-order valence-electron chi connectivity index (χ3n) is 4.05. The van der Waals surface area contributed by atoms with Crippen LogP contribution in [0.5, 0.6) is 0 Å². The lowest BCUT2D eigenvalue weighted by Crippen LogP contribution is -3.15. The van der Waals surface area contributed by atoms with Gasteiger partial charge in [0.25, 0.3) is 11.8 Å². The van der Waals surface area contributed by atoms with Gasteiger partial charge in [-0.25, -0.2) is 0 Å². The van der Waals surface area contributed by atoms with Crippen LogP contribution < -0.4 is 10.2 Å². The first kappa shape index (κ1) is 16.7. The molecule has 1 fully saturated rings. The summed E-state index contributed by atoms with van der Waals surface area (Å²) < 4.78 is 6.01. The Morgan fingerprint density at radius 1 is 1.17 bits per heavy atom. The molecule has 1 aromatic carbocycles. The van der Waals surface area contributed by atoms with Crippen molar-refractivity contribution in [3.63, 3.8) is 0 Å². The van der Waals surface area contributed by atoms with Crippen molar-refractivity contribution in [3.05, 3.63) is 52.9 Å². The van der Waals surface area contributed by atoms with E-state index in [1.165, 1.54) is 11.2 Å². The third kappa shape index (κ3) is 4.04. The minimum absolute atomic E-state index is 0.0253. The normalized spacial score (nSPS) is 15.3. The molecule has 2 amide bonds. The molecule has 1 aliphatic rings. The summed E-state index contributed by atoms with van der Waals surface area (Å²) in [5.74, 6) is 0.254. The summed E-state index contributed by atoms with van der Waals surface area (Å²) in [5.41, 5.74) is 0.772. The topological polar surface area (TPSA) is 67.0 Å². The molecule has 0 saturated carbocycles. The number of nitrogens with one attached hydrogen (secondary N) is 2. The Bertz CT molecular complexity index is 710. The van der Waals surface area contributed by atoms with E-state index in [2.05, 4.69) is 21.2 Å². The lowest BCUT2D eigenvalue weighted by molar-refractivity contribution is -0.895. The summed E-state index contributed by atoms with van der Waals surface area (Å²) in [6, 6.07) is 10.9. The molecular formula is C17H19BrN3O3+. The van der Waals surface area contributed by atoms with Crippen molar-refractivity contribution in [2.75, 3.05) is 38.0 Å². The lowest BCUT2D eigenvalue weighted by Gasteiger charge is -2.31. The molecule has 0 spiro atoms. The number of piperazine rings is 1. The van der Waals surface area contributed by atoms with Gasteiger partial charge < -0.3 is 19.5 Å². The van der Waals surface area contributed by atoms with Gasteiger partial charge in [0.2, 0.25) is 0 Å². The zero-order valence-corrected chi connectivity index (χ0v) is 14.7. The van der Waals surface area contributed by atoms with E-state index in [9.17, 15) is 9.59 Å². The predicted molar refractivity (Wildman–Crippen MR) is 92.9 cm³/mol. The number of hydrogen-bond donors (Lipinski definition) is 2. The first-order valence-corrected chi connectivity index (χ1v) is 8.63. The molecule has 0 unspecified atom stereocenters. The van der Waals surface area contributed by atoms with Crippen molar-refractivity contribution >= 4 is 33.4 Å². The monoisotopic (exact) mass is 392 g/mol. The molecule has 1 aromatic heterocycles. The van der Waals surface area contributed by atoms with E-state index < -0.39 is 0 Å². The Kier molecular flexibility index (Phi) is 5.32. The van der Waals surface area contributed by atoms with Crippen LogP contribution in [0.2, 0.25) is 0 Å². The molecule has 7 heteroatoms. The quantitative estimate of drug-likeness (QED) is 0.816. The van der Waals surface area contributed by atoms with E-state index in [1.54, 1.807) is 17.0 Å². The van der Waals surface area contributed by atoms with Gasteiger partial charge in [-0.2, -0.15) is 0 Å². The lowest BCUT2D eigenvalue weighted by atomic mass is 10.2. The highest BCUT2D eigenvalue weighted by molar-refractivity contribution is 9.10. The van der Waals surface area contributed by atoms with Crippen LogP contribution in [0.1, 0.15) is 10.6 Å². The molecule has 0 aliphatic carbocycles. The number of anilines is 1. The maximum absolute atomic E-state index is 12.2. The van der Waals surface area contributed by atoms with Gasteiger partial charge in [0.15, 0.2) is 12.3 Å². The molecule has 0 atom stereocenters. The second kappa shape index (κ2) is 7.63. The van der Waals surface area contributed by atoms with E-state index in [0.29, 0.717) is 25.4 Å². The van der Waals surface area contributed by atoms with Gasteiger partial charge >= 0.3 is 0 Å². The Hall–Kier alpha value is -2.12. The highest BCUT2D eigenvalue weighted by Gasteiger charge is 2.27. The Morgan fingerprint density at radius 3 is 2.58 bits per heavy atom. The van der Waals surface area contributed by atoms with Gasteiger partial charge in [0, 0.05) is 4.47 Å². The largest absolute Gasteiger partial charge is 0.459 e. The summed E-state index contributed by atoms with van der Waals surface area (Å²) in [4.78, 5) is 27.3. The number of quaternary nitrogens is 1. The number of furan rings is 1. The third-order valence-corrected chi connectivity index (χ3v) is 4.74. The zero-order chi connectivity index (χ0) is 16.9. The van der Waals surface area contributed by atoms with Gasteiger partial charge in [-0.15, -0.1) is 0 Å². The molecule has 24 heavy (non-hydrogen) atoms. The number of carbonyl (C=O) groups is 2. The number of carbonyl (C=O) groups excluding carboxylic acids is 2. The number of nitrogens with zero attached hydrogens (tertiary/aromatic N) is 1. The van der Waals surface area contributed by atoms with Crippen molar-refractivity contribution in [2.45, 2.75) is 0 Å². The van der Waals surface area contributed by atoms with Crippen LogP contribution in [-0.2, 0) is 4.79 Å². The Morgan fingerprint density at radius 2 is 1.92 bits per heavy atom. The van der Waals surface area contributed by atoms with Crippen LogP contribution in [0.4, 0.5) is 5.69 Å². The van der Waals surface area contributed by atoms with E-state index >= 15 is 0 Å². The maximum Gasteiger partial charge on any atom is 0.289 e. The van der Waals surface area contributed by atoms with Crippen LogP contribution in [0.15, 0.2) is 51.6 Å². The predicted octanol–water partition coefficient (Wildman–Crippen LogP) is 1.02. The fourth-order valence-electron chi connectivity index (χ4n) is 2.74. The van der Waals surface area contributed by atoms with E-state index in [4.69, 9.17) is 4.42 Å². The zero-order valence-electron chi connectivity index (χ0n) is 13.1. The van der Waals surface area contributed by atoms with Gasteiger partial charge in [0.1, 0.15) is 0 Å². The van der Waals surface area contributed by atoms with Crippen molar-refractivity contribution in [2.24, 2.45) is 0 Å². The fraction of sp³-hybridized carbons (Fsp3) is 0.294. The Labute approximate surface area is 148 Å². The summed E-state index contributed by atoms with van der Waals surface area (Å²) in [7, 11) is 0. The van der Waals surface area contributed by atoms with Crippen LogP contribution in [0.25, 0.3) is 0 Å². The highest BCUT2D eigenvalue weighted by atomic mass is 79.9. The van der Waals surface area contributed by atoms with Crippen molar-refractivity contribution in [3.8, 4) is 0 Å². The summed E-state index contributed by atoms with van der Waals surface area (Å²) >= 11 is 3.42. The van der Waals surface area contributed by atoms with Crippen molar-refractivity contribution in [1.82, 2.24) is 4.90 Å². The highest BCUT2D eigenvalue weighted by Crippen LogP contribution is 2.20. The van der Waals surface area contributed by atoms with Gasteiger partial charge in [0.05, 0.1) is 38.1 Å². The number of benzene rings is 1. The van der Waals surface area contributed by atoms with E-state index in [-0.39, 0.29) is 11.8 Å². The summed E-state index contributed by atoms with van der Waals surface area (Å²) in [6.07, 6.45) is 1.50. The fourth-order valence-corrected chi connectivity index (χ4v) is 3.13. The van der Waals surface area contributed by atoms with Gasteiger partial charge in [-0.05, 0) is 40.2 Å². The van der Waals surface area contributed by atoms with Crippen molar-refractivity contribution in [1.29, 1.82) is 0 Å². The molecule has 1 saturated heterocycles. The minimum Gasteiger partial charge on any atom is -0.459 e. The molecule has 3 rings (SSSR count).